The highest BCUT2D eigenvalue weighted by molar-refractivity contribution is 5.83. The molecule has 1 N–H and O–H groups in total. The minimum absolute atomic E-state index is 0.104. The van der Waals surface area contributed by atoms with Gasteiger partial charge in [-0.05, 0) is 37.6 Å². The van der Waals surface area contributed by atoms with E-state index in [0.29, 0.717) is 5.92 Å². The summed E-state index contributed by atoms with van der Waals surface area (Å²) in [6.07, 6.45) is 6.57. The number of benzene rings is 2. The summed E-state index contributed by atoms with van der Waals surface area (Å²) in [5.41, 5.74) is 2.18. The van der Waals surface area contributed by atoms with Crippen molar-refractivity contribution in [1.82, 2.24) is 15.1 Å². The first-order chi connectivity index (χ1) is 12.8. The molecule has 1 fully saturated rings. The number of hydrogen-bond donors (Lipinski definition) is 1. The van der Waals surface area contributed by atoms with Crippen LogP contribution in [0.1, 0.15) is 30.0 Å². The maximum Gasteiger partial charge on any atom is 0.272 e. The Morgan fingerprint density at radius 1 is 1.00 bits per heavy atom. The Labute approximate surface area is 153 Å². The van der Waals surface area contributed by atoms with E-state index >= 15 is 0 Å². The standard InChI is InChI=1S/C22H23N3O/c26-22-20-11-5-4-10-19(20)21(23-24-22)18-12-15-25(16-13-18)14-6-9-17-7-2-1-3-8-17/h1-11,18H,12-16H2,(H,24,26). The van der Waals surface area contributed by atoms with Crippen LogP contribution in [0, 0.1) is 0 Å². The molecule has 4 nitrogen and oxygen atoms in total. The van der Waals surface area contributed by atoms with Gasteiger partial charge in [-0.15, -0.1) is 0 Å². The molecule has 1 aliphatic heterocycles. The molecule has 4 heteroatoms. The number of nitrogens with zero attached hydrogens (tertiary/aromatic N) is 2. The van der Waals surface area contributed by atoms with Gasteiger partial charge in [0.2, 0.25) is 0 Å². The highest BCUT2D eigenvalue weighted by Gasteiger charge is 2.23. The Morgan fingerprint density at radius 3 is 2.46 bits per heavy atom. The summed E-state index contributed by atoms with van der Waals surface area (Å²) in [6, 6.07) is 18.2. The largest absolute Gasteiger partial charge is 0.300 e. The highest BCUT2D eigenvalue weighted by atomic mass is 16.1. The third kappa shape index (κ3) is 3.60. The van der Waals surface area contributed by atoms with E-state index in [-0.39, 0.29) is 5.56 Å². The summed E-state index contributed by atoms with van der Waals surface area (Å²) in [6.45, 7) is 3.08. The van der Waals surface area contributed by atoms with Gasteiger partial charge in [0, 0.05) is 17.8 Å². The van der Waals surface area contributed by atoms with Crippen LogP contribution in [0.4, 0.5) is 0 Å². The van der Waals surface area contributed by atoms with Crippen molar-refractivity contribution < 1.29 is 0 Å². The fourth-order valence-electron chi connectivity index (χ4n) is 3.74. The molecule has 26 heavy (non-hydrogen) atoms. The number of aromatic amines is 1. The first-order valence-electron chi connectivity index (χ1n) is 9.22. The maximum atomic E-state index is 12.0. The zero-order chi connectivity index (χ0) is 17.8. The Bertz CT molecular complexity index is 954. The molecule has 0 atom stereocenters. The predicted molar refractivity (Wildman–Crippen MR) is 106 cm³/mol. The third-order valence-electron chi connectivity index (χ3n) is 5.17. The van der Waals surface area contributed by atoms with Crippen molar-refractivity contribution in [2.24, 2.45) is 0 Å². The normalized spacial score (nSPS) is 16.5. The summed E-state index contributed by atoms with van der Waals surface area (Å²) in [4.78, 5) is 14.4. The van der Waals surface area contributed by atoms with Crippen LogP contribution in [0.3, 0.4) is 0 Å². The number of fused-ring (bicyclic) bond motifs is 1. The molecule has 1 aromatic heterocycles. The smallest absolute Gasteiger partial charge is 0.272 e. The lowest BCUT2D eigenvalue weighted by molar-refractivity contribution is 0.231. The van der Waals surface area contributed by atoms with Crippen molar-refractivity contribution in [3.8, 4) is 0 Å². The van der Waals surface area contributed by atoms with E-state index in [0.717, 1.165) is 48.9 Å². The fourth-order valence-corrected chi connectivity index (χ4v) is 3.74. The quantitative estimate of drug-likeness (QED) is 0.782. The zero-order valence-electron chi connectivity index (χ0n) is 14.8. The van der Waals surface area contributed by atoms with E-state index in [1.807, 2.05) is 30.3 Å². The number of hydrogen-bond acceptors (Lipinski definition) is 3. The van der Waals surface area contributed by atoms with Gasteiger partial charge in [0.1, 0.15) is 0 Å². The van der Waals surface area contributed by atoms with Crippen molar-refractivity contribution in [1.29, 1.82) is 0 Å². The van der Waals surface area contributed by atoms with Crippen LogP contribution in [0.15, 0.2) is 65.5 Å². The van der Waals surface area contributed by atoms with Crippen molar-refractivity contribution >= 4 is 16.8 Å². The molecule has 4 rings (SSSR count). The van der Waals surface area contributed by atoms with E-state index in [1.165, 1.54) is 5.56 Å². The molecule has 1 saturated heterocycles. The van der Waals surface area contributed by atoms with Crippen molar-refractivity contribution in [2.45, 2.75) is 18.8 Å². The van der Waals surface area contributed by atoms with Crippen LogP contribution in [0.25, 0.3) is 16.8 Å². The average Bonchev–Trinajstić information content (AvgIpc) is 2.70. The van der Waals surface area contributed by atoms with Crippen molar-refractivity contribution in [3.63, 3.8) is 0 Å². The van der Waals surface area contributed by atoms with Crippen LogP contribution in [-0.4, -0.2) is 34.7 Å². The Morgan fingerprint density at radius 2 is 1.69 bits per heavy atom. The Kier molecular flexibility index (Phi) is 4.93. The van der Waals surface area contributed by atoms with Crippen LogP contribution in [0.2, 0.25) is 0 Å². The first-order valence-corrected chi connectivity index (χ1v) is 9.22. The number of aromatic nitrogens is 2. The van der Waals surface area contributed by atoms with Crippen LogP contribution >= 0.6 is 0 Å². The van der Waals surface area contributed by atoms with Crippen LogP contribution < -0.4 is 5.56 Å². The molecule has 1 aliphatic rings. The molecule has 0 bridgehead atoms. The Balaban J connectivity index is 1.41. The minimum Gasteiger partial charge on any atom is -0.300 e. The highest BCUT2D eigenvalue weighted by Crippen LogP contribution is 2.30. The lowest BCUT2D eigenvalue weighted by atomic mass is 9.90. The number of H-pyrrole nitrogens is 1. The molecule has 3 aromatic rings. The molecule has 0 spiro atoms. The molecule has 0 aliphatic carbocycles. The summed E-state index contributed by atoms with van der Waals surface area (Å²) < 4.78 is 0. The second kappa shape index (κ2) is 7.67. The second-order valence-corrected chi connectivity index (χ2v) is 6.87. The maximum absolute atomic E-state index is 12.0. The van der Waals surface area contributed by atoms with E-state index in [1.54, 1.807) is 0 Å². The summed E-state index contributed by atoms with van der Waals surface area (Å²) in [5.74, 6) is 0.408. The molecule has 0 unspecified atom stereocenters. The zero-order valence-corrected chi connectivity index (χ0v) is 14.8. The number of nitrogens with one attached hydrogen (secondary N) is 1. The van der Waals surface area contributed by atoms with Gasteiger partial charge in [-0.2, -0.15) is 5.10 Å². The predicted octanol–water partition coefficient (Wildman–Crippen LogP) is 3.82. The topological polar surface area (TPSA) is 49.0 Å². The van der Waals surface area contributed by atoms with E-state index in [4.69, 9.17) is 0 Å². The summed E-state index contributed by atoms with van der Waals surface area (Å²) in [5, 5.41) is 8.80. The van der Waals surface area contributed by atoms with Gasteiger partial charge in [0.05, 0.1) is 11.1 Å². The number of likely N-dealkylation sites (tertiary alicyclic amines) is 1. The van der Waals surface area contributed by atoms with Crippen LogP contribution in [-0.2, 0) is 0 Å². The monoisotopic (exact) mass is 345 g/mol. The van der Waals surface area contributed by atoms with Gasteiger partial charge < -0.3 is 0 Å². The van der Waals surface area contributed by atoms with Gasteiger partial charge in [0.25, 0.3) is 5.56 Å². The number of rotatable bonds is 4. The third-order valence-corrected chi connectivity index (χ3v) is 5.17. The average molecular weight is 345 g/mol. The number of piperidine rings is 1. The van der Waals surface area contributed by atoms with E-state index in [9.17, 15) is 4.79 Å². The van der Waals surface area contributed by atoms with Gasteiger partial charge >= 0.3 is 0 Å². The molecule has 0 amide bonds. The molecule has 0 saturated carbocycles. The molecular weight excluding hydrogens is 322 g/mol. The molecule has 0 radical (unpaired) electrons. The molecule has 132 valence electrons. The van der Waals surface area contributed by atoms with Crippen molar-refractivity contribution in [2.75, 3.05) is 19.6 Å². The molecule has 2 aromatic carbocycles. The van der Waals surface area contributed by atoms with E-state index < -0.39 is 0 Å². The van der Waals surface area contributed by atoms with Gasteiger partial charge in [-0.25, -0.2) is 5.10 Å². The summed E-state index contributed by atoms with van der Waals surface area (Å²) >= 11 is 0. The van der Waals surface area contributed by atoms with E-state index in [2.05, 4.69) is 51.5 Å². The molecule has 2 heterocycles. The first kappa shape index (κ1) is 16.7. The van der Waals surface area contributed by atoms with Crippen LogP contribution in [0.5, 0.6) is 0 Å². The minimum atomic E-state index is -0.104. The van der Waals surface area contributed by atoms with Gasteiger partial charge in [-0.3, -0.25) is 9.69 Å². The van der Waals surface area contributed by atoms with Crippen molar-refractivity contribution in [3.05, 3.63) is 82.3 Å². The van der Waals surface area contributed by atoms with Gasteiger partial charge in [0.15, 0.2) is 0 Å². The fraction of sp³-hybridized carbons (Fsp3) is 0.273. The summed E-state index contributed by atoms with van der Waals surface area (Å²) in [7, 11) is 0. The lowest BCUT2D eigenvalue weighted by Crippen LogP contribution is -2.33. The lowest BCUT2D eigenvalue weighted by Gasteiger charge is -2.31. The second-order valence-electron chi connectivity index (χ2n) is 6.87. The molecular formula is C22H23N3O. The SMILES string of the molecule is O=c1[nH]nc(C2CCN(CC=Cc3ccccc3)CC2)c2ccccc12. The van der Waals surface area contributed by atoms with Gasteiger partial charge in [-0.1, -0.05) is 60.7 Å². The Hall–Kier alpha value is -2.72.